The molecule has 0 radical (unpaired) electrons. The van der Waals surface area contributed by atoms with E-state index in [4.69, 9.17) is 4.74 Å². The molecule has 2 heterocycles. The molecule has 144 valence electrons. The Morgan fingerprint density at radius 3 is 2.41 bits per heavy atom. The van der Waals surface area contributed by atoms with Crippen molar-refractivity contribution < 1.29 is 9.53 Å². The largest absolute Gasteiger partial charge is 0.481 e. The maximum Gasteiger partial charge on any atom is 0.321 e. The molecule has 1 N–H and O–H groups in total. The van der Waals surface area contributed by atoms with Gasteiger partial charge in [-0.2, -0.15) is 4.98 Å². The molecular formula is C20H27N5O2. The van der Waals surface area contributed by atoms with Gasteiger partial charge in [-0.25, -0.2) is 9.78 Å². The monoisotopic (exact) mass is 369 g/mol. The Balaban J connectivity index is 1.56. The van der Waals surface area contributed by atoms with Gasteiger partial charge in [0.1, 0.15) is 0 Å². The first-order chi connectivity index (χ1) is 13.0. The lowest BCUT2D eigenvalue weighted by atomic mass is 10.0. The minimum atomic E-state index is -0.0747. The lowest BCUT2D eigenvalue weighted by molar-refractivity contribution is 0.208. The van der Waals surface area contributed by atoms with E-state index in [-0.39, 0.29) is 6.03 Å². The zero-order chi connectivity index (χ0) is 19.4. The number of ether oxygens (including phenoxy) is 1. The van der Waals surface area contributed by atoms with Crippen molar-refractivity contribution in [1.29, 1.82) is 0 Å². The molecule has 0 aliphatic carbocycles. The van der Waals surface area contributed by atoms with Crippen molar-refractivity contribution in [2.45, 2.75) is 26.7 Å². The van der Waals surface area contributed by atoms with Crippen molar-refractivity contribution in [1.82, 2.24) is 14.9 Å². The highest BCUT2D eigenvalue weighted by molar-refractivity contribution is 5.89. The number of carbonyl (C=O) groups is 1. The second kappa shape index (κ2) is 8.24. The molecule has 1 aromatic heterocycles. The number of rotatable bonds is 4. The lowest BCUT2D eigenvalue weighted by Gasteiger charge is -2.34. The third-order valence-corrected chi connectivity index (χ3v) is 4.78. The van der Waals surface area contributed by atoms with Crippen LogP contribution in [0.3, 0.4) is 0 Å². The van der Waals surface area contributed by atoms with Crippen LogP contribution in [-0.4, -0.2) is 54.2 Å². The van der Waals surface area contributed by atoms with Crippen molar-refractivity contribution >= 4 is 17.7 Å². The Kier molecular flexibility index (Phi) is 5.78. The Bertz CT molecular complexity index is 783. The minimum Gasteiger partial charge on any atom is -0.481 e. The SMILES string of the molecule is COc1nc(N2CCN(C(=O)Nc3ccc(C(C)C)cc3)CC2)ncc1C. The van der Waals surface area contributed by atoms with Crippen LogP contribution in [0.25, 0.3) is 0 Å². The molecule has 0 atom stereocenters. The van der Waals surface area contributed by atoms with Crippen LogP contribution in [0.5, 0.6) is 5.88 Å². The number of anilines is 2. The standard InChI is InChI=1S/C20H27N5O2/c1-14(2)16-5-7-17(8-6-16)22-20(26)25-11-9-24(10-12-25)19-21-13-15(3)18(23-19)27-4/h5-8,13-14H,9-12H2,1-4H3,(H,22,26). The van der Waals surface area contributed by atoms with E-state index in [1.54, 1.807) is 13.3 Å². The molecule has 3 rings (SSSR count). The molecule has 1 aliphatic heterocycles. The fourth-order valence-corrected chi connectivity index (χ4v) is 3.04. The summed E-state index contributed by atoms with van der Waals surface area (Å²) in [5, 5.41) is 2.98. The number of aromatic nitrogens is 2. The van der Waals surface area contributed by atoms with E-state index in [0.717, 1.165) is 11.3 Å². The predicted molar refractivity (Wildman–Crippen MR) is 107 cm³/mol. The number of hydrogen-bond donors (Lipinski definition) is 1. The maximum absolute atomic E-state index is 12.5. The summed E-state index contributed by atoms with van der Waals surface area (Å²) in [4.78, 5) is 25.2. The molecule has 1 saturated heterocycles. The fraction of sp³-hybridized carbons (Fsp3) is 0.450. The third kappa shape index (κ3) is 4.48. The van der Waals surface area contributed by atoms with Crippen LogP contribution in [0.2, 0.25) is 0 Å². The first-order valence-corrected chi connectivity index (χ1v) is 9.26. The summed E-state index contributed by atoms with van der Waals surface area (Å²) in [6.45, 7) is 8.84. The molecule has 1 fully saturated rings. The molecule has 2 amide bonds. The van der Waals surface area contributed by atoms with Crippen molar-refractivity contribution in [3.8, 4) is 5.88 Å². The molecule has 7 heteroatoms. The first kappa shape index (κ1) is 18.9. The number of nitrogens with zero attached hydrogens (tertiary/aromatic N) is 4. The van der Waals surface area contributed by atoms with Gasteiger partial charge in [-0.15, -0.1) is 0 Å². The quantitative estimate of drug-likeness (QED) is 0.896. The fourth-order valence-electron chi connectivity index (χ4n) is 3.04. The number of urea groups is 1. The average molecular weight is 369 g/mol. The molecular weight excluding hydrogens is 342 g/mol. The summed E-state index contributed by atoms with van der Waals surface area (Å²) < 4.78 is 5.27. The van der Waals surface area contributed by atoms with Gasteiger partial charge in [-0.05, 0) is 30.5 Å². The highest BCUT2D eigenvalue weighted by Gasteiger charge is 2.23. The van der Waals surface area contributed by atoms with Gasteiger partial charge in [-0.1, -0.05) is 26.0 Å². The van der Waals surface area contributed by atoms with Gasteiger partial charge in [0.25, 0.3) is 0 Å². The number of methoxy groups -OCH3 is 1. The highest BCUT2D eigenvalue weighted by atomic mass is 16.5. The summed E-state index contributed by atoms with van der Waals surface area (Å²) >= 11 is 0. The number of nitrogens with one attached hydrogen (secondary N) is 1. The van der Waals surface area contributed by atoms with Gasteiger partial charge in [0.15, 0.2) is 0 Å². The van der Waals surface area contributed by atoms with Crippen molar-refractivity contribution in [2.24, 2.45) is 0 Å². The maximum atomic E-state index is 12.5. The molecule has 7 nitrogen and oxygen atoms in total. The van der Waals surface area contributed by atoms with Crippen LogP contribution in [0.1, 0.15) is 30.9 Å². The lowest BCUT2D eigenvalue weighted by Crippen LogP contribution is -2.50. The van der Waals surface area contributed by atoms with E-state index in [1.165, 1.54) is 5.56 Å². The molecule has 0 spiro atoms. The number of piperazine rings is 1. The van der Waals surface area contributed by atoms with Crippen LogP contribution in [0.15, 0.2) is 30.5 Å². The zero-order valence-electron chi connectivity index (χ0n) is 16.4. The minimum absolute atomic E-state index is 0.0747. The van der Waals surface area contributed by atoms with E-state index >= 15 is 0 Å². The van der Waals surface area contributed by atoms with Gasteiger partial charge < -0.3 is 19.9 Å². The average Bonchev–Trinajstić information content (AvgIpc) is 2.69. The second-order valence-corrected chi connectivity index (χ2v) is 7.04. The summed E-state index contributed by atoms with van der Waals surface area (Å²) in [6.07, 6.45) is 1.76. The molecule has 2 aromatic rings. The summed E-state index contributed by atoms with van der Waals surface area (Å²) in [5.74, 6) is 1.71. The Morgan fingerprint density at radius 1 is 1.15 bits per heavy atom. The van der Waals surface area contributed by atoms with Crippen LogP contribution in [-0.2, 0) is 0 Å². The summed E-state index contributed by atoms with van der Waals surface area (Å²) in [5.41, 5.74) is 2.98. The van der Waals surface area contributed by atoms with Crippen LogP contribution < -0.4 is 15.0 Å². The predicted octanol–water partition coefficient (Wildman–Crippen LogP) is 3.27. The number of amides is 2. The van der Waals surface area contributed by atoms with E-state index < -0.39 is 0 Å². The van der Waals surface area contributed by atoms with Gasteiger partial charge in [-0.3, -0.25) is 0 Å². The van der Waals surface area contributed by atoms with Crippen molar-refractivity contribution in [2.75, 3.05) is 43.5 Å². The van der Waals surface area contributed by atoms with E-state index in [2.05, 4.69) is 46.2 Å². The second-order valence-electron chi connectivity index (χ2n) is 7.04. The zero-order valence-corrected chi connectivity index (χ0v) is 16.4. The van der Waals surface area contributed by atoms with Crippen molar-refractivity contribution in [3.05, 3.63) is 41.6 Å². The highest BCUT2D eigenvalue weighted by Crippen LogP contribution is 2.20. The number of benzene rings is 1. The van der Waals surface area contributed by atoms with E-state index in [0.29, 0.717) is 43.9 Å². The summed E-state index contributed by atoms with van der Waals surface area (Å²) in [7, 11) is 1.61. The smallest absolute Gasteiger partial charge is 0.321 e. The topological polar surface area (TPSA) is 70.6 Å². The van der Waals surface area contributed by atoms with E-state index in [1.807, 2.05) is 24.0 Å². The molecule has 0 bridgehead atoms. The number of aryl methyl sites for hydroxylation is 1. The van der Waals surface area contributed by atoms with Crippen molar-refractivity contribution in [3.63, 3.8) is 0 Å². The molecule has 1 aliphatic rings. The molecule has 0 unspecified atom stereocenters. The number of carbonyl (C=O) groups excluding carboxylic acids is 1. The Morgan fingerprint density at radius 2 is 1.81 bits per heavy atom. The van der Waals surface area contributed by atoms with Gasteiger partial charge in [0.2, 0.25) is 11.8 Å². The molecule has 0 saturated carbocycles. The molecule has 27 heavy (non-hydrogen) atoms. The molecule has 1 aromatic carbocycles. The van der Waals surface area contributed by atoms with Gasteiger partial charge in [0.05, 0.1) is 7.11 Å². The van der Waals surface area contributed by atoms with E-state index in [9.17, 15) is 4.79 Å². The Labute approximate surface area is 160 Å². The Hall–Kier alpha value is -2.83. The summed E-state index contributed by atoms with van der Waals surface area (Å²) in [6, 6.07) is 7.95. The number of hydrogen-bond acceptors (Lipinski definition) is 5. The van der Waals surface area contributed by atoms with Crippen LogP contribution in [0, 0.1) is 6.92 Å². The van der Waals surface area contributed by atoms with Crippen LogP contribution in [0.4, 0.5) is 16.4 Å². The van der Waals surface area contributed by atoms with Gasteiger partial charge >= 0.3 is 6.03 Å². The van der Waals surface area contributed by atoms with Crippen LogP contribution >= 0.6 is 0 Å². The van der Waals surface area contributed by atoms with Gasteiger partial charge in [0, 0.05) is 43.6 Å². The first-order valence-electron chi connectivity index (χ1n) is 9.26. The third-order valence-electron chi connectivity index (χ3n) is 4.78. The normalized spacial score (nSPS) is 14.4.